The van der Waals surface area contributed by atoms with E-state index in [1.807, 2.05) is 24.3 Å². The lowest BCUT2D eigenvalue weighted by molar-refractivity contribution is -0.161. The normalized spacial score (nSPS) is 15.0. The number of esters is 4. The van der Waals surface area contributed by atoms with Crippen molar-refractivity contribution in [1.29, 1.82) is 0 Å². The largest absolute Gasteiger partial charge is 0.472 e. The molecule has 0 radical (unpaired) electrons. The molecule has 0 aromatic carbocycles. The van der Waals surface area contributed by atoms with Crippen LogP contribution in [0.15, 0.2) is 219 Å². The molecule has 0 aliphatic heterocycles. The monoisotopic (exact) mass is 1540 g/mol. The molecule has 0 rings (SSSR count). The van der Waals surface area contributed by atoms with Crippen molar-refractivity contribution in [3.63, 3.8) is 0 Å². The molecule has 0 saturated heterocycles. The van der Waals surface area contributed by atoms with Crippen LogP contribution in [-0.2, 0) is 65.4 Å². The summed E-state index contributed by atoms with van der Waals surface area (Å²) >= 11 is 0. The summed E-state index contributed by atoms with van der Waals surface area (Å²) in [4.78, 5) is 73.0. The maximum absolute atomic E-state index is 13.1. The van der Waals surface area contributed by atoms with Gasteiger partial charge in [-0.1, -0.05) is 272 Å². The highest BCUT2D eigenvalue weighted by Gasteiger charge is 2.30. The average molecular weight is 1540 g/mol. The zero-order valence-electron chi connectivity index (χ0n) is 66.2. The summed E-state index contributed by atoms with van der Waals surface area (Å²) in [6.07, 6.45) is 99.4. The zero-order chi connectivity index (χ0) is 78.9. The topological polar surface area (TPSA) is 237 Å². The van der Waals surface area contributed by atoms with Gasteiger partial charge in [0.1, 0.15) is 19.3 Å². The van der Waals surface area contributed by atoms with E-state index in [0.717, 1.165) is 161 Å². The number of ether oxygens (including phenoxy) is 4. The van der Waals surface area contributed by atoms with Gasteiger partial charge in [0.25, 0.3) is 0 Å². The second kappa shape index (κ2) is 78.5. The Morgan fingerprint density at radius 2 is 0.472 bits per heavy atom. The summed E-state index contributed by atoms with van der Waals surface area (Å²) in [7, 11) is -10.0. The van der Waals surface area contributed by atoms with Crippen LogP contribution in [0.2, 0.25) is 0 Å². The molecule has 0 aliphatic rings. The van der Waals surface area contributed by atoms with Crippen molar-refractivity contribution in [2.75, 3.05) is 39.6 Å². The number of hydrogen-bond donors (Lipinski definition) is 3. The van der Waals surface area contributed by atoms with E-state index in [9.17, 15) is 43.2 Å². The molecule has 0 bridgehead atoms. The van der Waals surface area contributed by atoms with Gasteiger partial charge >= 0.3 is 39.5 Å². The van der Waals surface area contributed by atoms with Gasteiger partial charge in [0, 0.05) is 25.7 Å². The molecule has 5 atom stereocenters. The third kappa shape index (κ3) is 77.5. The van der Waals surface area contributed by atoms with Gasteiger partial charge in [-0.25, -0.2) is 9.13 Å². The van der Waals surface area contributed by atoms with Crippen molar-refractivity contribution >= 4 is 39.5 Å². The molecule has 3 N–H and O–H groups in total. The highest BCUT2D eigenvalue weighted by molar-refractivity contribution is 7.47. The van der Waals surface area contributed by atoms with Gasteiger partial charge in [-0.3, -0.25) is 37.3 Å². The van der Waals surface area contributed by atoms with Gasteiger partial charge in [0.05, 0.1) is 26.4 Å². The molecule has 0 saturated carbocycles. The van der Waals surface area contributed by atoms with Crippen LogP contribution < -0.4 is 0 Å². The number of allylic oxidation sites excluding steroid dienone is 36. The molecule has 17 nitrogen and oxygen atoms in total. The standard InChI is InChI=1S/C89H138O17P2/c1-5-9-13-17-21-25-29-33-37-39-41-43-47-49-53-57-61-65-69-73-86(91)99-79-84(105-88(93)75-71-67-63-59-55-51-45-35-31-27-23-19-15-11-7-3)81-103-107(95,96)101-77-83(90)78-102-108(97,98)104-82-85(106-89(94)76-72-68-64-60-56-52-46-36-32-28-24-20-16-12-8-4)80-100-87(92)74-70-66-62-58-54-50-48-44-42-40-38-34-30-26-22-18-14-10-6-2/h9-16,21-28,33-38,41-46,49,53,55-56,59-61,65,83-85,90H,5-8,17-20,29-32,39-40,47-48,50-52,54,57-58,62-64,66-82H2,1-4H3,(H,95,96)(H,97,98)/b13-9-,14-10-,15-11-,16-12-,25-21-,26-22-,27-23-,28-24-,37-33-,38-34-,43-41-,44-42-,45-35-,46-36-,53-49-,59-55-,60-56-,65-61-. The maximum atomic E-state index is 13.1. The van der Waals surface area contributed by atoms with Gasteiger partial charge in [0.2, 0.25) is 0 Å². The molecule has 0 aliphatic carbocycles. The van der Waals surface area contributed by atoms with Crippen LogP contribution in [0.5, 0.6) is 0 Å². The minimum Gasteiger partial charge on any atom is -0.462 e. The number of unbranched alkanes of at least 4 members (excludes halogenated alkanes) is 10. The summed E-state index contributed by atoms with van der Waals surface area (Å²) in [5.41, 5.74) is 0. The third-order valence-electron chi connectivity index (χ3n) is 15.4. The number of phosphoric acid groups is 2. The molecule has 0 aromatic rings. The van der Waals surface area contributed by atoms with Gasteiger partial charge in [-0.2, -0.15) is 0 Å². The molecule has 606 valence electrons. The summed E-state index contributed by atoms with van der Waals surface area (Å²) in [6.45, 7) is 4.17. The third-order valence-corrected chi connectivity index (χ3v) is 17.3. The molecule has 0 amide bonds. The molecule has 0 fully saturated rings. The molecule has 0 aromatic heterocycles. The quantitative estimate of drug-likeness (QED) is 0.0169. The smallest absolute Gasteiger partial charge is 0.462 e. The molecule has 108 heavy (non-hydrogen) atoms. The summed E-state index contributed by atoms with van der Waals surface area (Å²) in [5.74, 6) is -2.41. The number of rotatable bonds is 72. The fraction of sp³-hybridized carbons (Fsp3) is 0.551. The van der Waals surface area contributed by atoms with E-state index in [4.69, 9.17) is 37.0 Å². The van der Waals surface area contributed by atoms with Gasteiger partial charge in [-0.15, -0.1) is 0 Å². The number of aliphatic hydroxyl groups excluding tert-OH is 1. The van der Waals surface area contributed by atoms with Crippen molar-refractivity contribution in [1.82, 2.24) is 0 Å². The Balaban J connectivity index is 5.53. The number of aliphatic hydroxyl groups is 1. The lowest BCUT2D eigenvalue weighted by atomic mass is 10.1. The first-order chi connectivity index (χ1) is 52.7. The Kier molecular flexibility index (Phi) is 73.7. The first-order valence-electron chi connectivity index (χ1n) is 40.0. The van der Waals surface area contributed by atoms with Crippen molar-refractivity contribution in [3.8, 4) is 0 Å². The first kappa shape index (κ1) is 101. The van der Waals surface area contributed by atoms with Crippen LogP contribution in [0, 0.1) is 0 Å². The summed E-state index contributed by atoms with van der Waals surface area (Å²) in [5, 5.41) is 10.6. The minimum atomic E-state index is -5.02. The summed E-state index contributed by atoms with van der Waals surface area (Å²) in [6, 6.07) is 0. The van der Waals surface area contributed by atoms with Crippen molar-refractivity contribution in [2.24, 2.45) is 0 Å². The first-order valence-corrected chi connectivity index (χ1v) is 43.0. The molecular formula is C89H138O17P2. The van der Waals surface area contributed by atoms with E-state index in [-0.39, 0.29) is 25.7 Å². The Labute approximate surface area is 651 Å². The van der Waals surface area contributed by atoms with E-state index >= 15 is 0 Å². The Morgan fingerprint density at radius 3 is 0.769 bits per heavy atom. The van der Waals surface area contributed by atoms with Crippen LogP contribution in [0.1, 0.15) is 259 Å². The highest BCUT2D eigenvalue weighted by atomic mass is 31.2. The van der Waals surface area contributed by atoms with Crippen LogP contribution >= 0.6 is 15.6 Å². The van der Waals surface area contributed by atoms with Crippen molar-refractivity contribution in [3.05, 3.63) is 219 Å². The second-order valence-electron chi connectivity index (χ2n) is 25.5. The predicted octanol–water partition coefficient (Wildman–Crippen LogP) is 23.7. The van der Waals surface area contributed by atoms with E-state index in [1.54, 1.807) is 0 Å². The van der Waals surface area contributed by atoms with Crippen LogP contribution in [0.25, 0.3) is 0 Å². The number of hydrogen-bond acceptors (Lipinski definition) is 15. The SMILES string of the molecule is CC/C=C\C/C=C\C/C=C\C/C=C\C/C=C\C/C=C\CCC(=O)OCC(COP(=O)(O)OCC(O)COP(=O)(O)OCC(COC(=O)CCCCCCCC/C=C\C/C=C\C/C=C\C/C=C\CC)OC(=O)CCCC/C=C\C/C=C\C/C=C\C/C=C\CC)OC(=O)CCCC/C=C\C/C=C\C/C=C\C/C=C\CC. The fourth-order valence-corrected chi connectivity index (χ4v) is 11.1. The Bertz CT molecular complexity index is 2910. The number of carbonyl (C=O) groups excluding carboxylic acids is 4. The summed E-state index contributed by atoms with van der Waals surface area (Å²) < 4.78 is 68.4. The molecule has 0 heterocycles. The zero-order valence-corrected chi connectivity index (χ0v) is 68.0. The minimum absolute atomic E-state index is 0.0158. The second-order valence-corrected chi connectivity index (χ2v) is 28.4. The fourth-order valence-electron chi connectivity index (χ4n) is 9.51. The van der Waals surface area contributed by atoms with Gasteiger partial charge < -0.3 is 33.8 Å². The number of carbonyl (C=O) groups is 4. The highest BCUT2D eigenvalue weighted by Crippen LogP contribution is 2.45. The van der Waals surface area contributed by atoms with E-state index in [1.165, 1.54) is 0 Å². The Morgan fingerprint density at radius 1 is 0.259 bits per heavy atom. The van der Waals surface area contributed by atoms with Crippen LogP contribution in [0.4, 0.5) is 0 Å². The van der Waals surface area contributed by atoms with Crippen LogP contribution in [0.3, 0.4) is 0 Å². The van der Waals surface area contributed by atoms with Crippen LogP contribution in [-0.4, -0.2) is 96.7 Å². The van der Waals surface area contributed by atoms with E-state index in [0.29, 0.717) is 44.9 Å². The van der Waals surface area contributed by atoms with Gasteiger partial charge in [0.15, 0.2) is 12.2 Å². The van der Waals surface area contributed by atoms with Gasteiger partial charge in [-0.05, 0) is 180 Å². The Hall–Kier alpha value is -6.62. The average Bonchev–Trinajstić information content (AvgIpc) is 0.923. The molecule has 19 heteroatoms. The maximum Gasteiger partial charge on any atom is 0.472 e. The number of phosphoric ester groups is 2. The van der Waals surface area contributed by atoms with Crippen molar-refractivity contribution < 1.29 is 80.2 Å². The lowest BCUT2D eigenvalue weighted by Crippen LogP contribution is -2.30. The van der Waals surface area contributed by atoms with Crippen molar-refractivity contribution in [2.45, 2.75) is 277 Å². The predicted molar refractivity (Wildman–Crippen MR) is 445 cm³/mol. The molecular weight excluding hydrogens is 1400 g/mol. The van der Waals surface area contributed by atoms with E-state index < -0.39 is 97.5 Å². The molecule has 0 spiro atoms. The van der Waals surface area contributed by atoms with E-state index in [2.05, 4.69) is 222 Å². The molecule has 5 unspecified atom stereocenters. The lowest BCUT2D eigenvalue weighted by Gasteiger charge is -2.21.